The molecule has 202 valence electrons. The molecule has 2 amide bonds. The molecule has 0 saturated heterocycles. The molecule has 0 radical (unpaired) electrons. The van der Waals surface area contributed by atoms with Gasteiger partial charge in [0, 0.05) is 35.0 Å². The monoisotopic (exact) mass is 532 g/mol. The van der Waals surface area contributed by atoms with Gasteiger partial charge in [-0.15, -0.1) is 0 Å². The molecule has 0 aliphatic rings. The average Bonchev–Trinajstić information content (AvgIpc) is 2.92. The first-order valence-electron chi connectivity index (χ1n) is 13.8. The number of unbranched alkanes of at least 4 members (excludes halogenated alkanes) is 4. The predicted molar refractivity (Wildman–Crippen MR) is 157 cm³/mol. The summed E-state index contributed by atoms with van der Waals surface area (Å²) in [5.41, 5.74) is 2.11. The van der Waals surface area contributed by atoms with Gasteiger partial charge in [-0.2, -0.15) is 0 Å². The van der Waals surface area contributed by atoms with Crippen molar-refractivity contribution in [2.75, 3.05) is 18.0 Å². The van der Waals surface area contributed by atoms with Gasteiger partial charge in [0.2, 0.25) is 0 Å². The average molecular weight is 533 g/mol. The third-order valence-corrected chi connectivity index (χ3v) is 7.14. The van der Waals surface area contributed by atoms with Gasteiger partial charge in [-0.25, -0.2) is 4.79 Å². The highest BCUT2D eigenvalue weighted by Gasteiger charge is 2.15. The second-order valence-electron chi connectivity index (χ2n) is 9.33. The number of nitrogens with one attached hydrogen (secondary N) is 1. The Kier molecular flexibility index (Phi) is 12.8. The number of nitrogens with zero attached hydrogens (tertiary/aromatic N) is 1. The van der Waals surface area contributed by atoms with Gasteiger partial charge in [0.1, 0.15) is 5.75 Å². The van der Waals surface area contributed by atoms with E-state index in [1.807, 2.05) is 72.5 Å². The zero-order valence-electron chi connectivity index (χ0n) is 22.7. The highest BCUT2D eigenvalue weighted by Crippen LogP contribution is 2.31. The van der Waals surface area contributed by atoms with Crippen molar-refractivity contribution in [2.24, 2.45) is 0 Å². The molecule has 3 aromatic rings. The minimum Gasteiger partial charge on any atom is -0.426 e. The van der Waals surface area contributed by atoms with Crippen molar-refractivity contribution in [3.05, 3.63) is 84.4 Å². The molecule has 38 heavy (non-hydrogen) atoms. The van der Waals surface area contributed by atoms with Crippen molar-refractivity contribution in [1.82, 2.24) is 5.32 Å². The lowest BCUT2D eigenvalue weighted by atomic mass is 10.1. The summed E-state index contributed by atoms with van der Waals surface area (Å²) in [6.07, 6.45) is 7.71. The van der Waals surface area contributed by atoms with Crippen LogP contribution in [0, 0.1) is 0 Å². The summed E-state index contributed by atoms with van der Waals surface area (Å²) in [5.74, 6) is 0.349. The first-order valence-corrected chi connectivity index (χ1v) is 14.6. The molecular formula is C32H40N2O3S. The molecule has 0 atom stereocenters. The molecular weight excluding hydrogens is 492 g/mol. The van der Waals surface area contributed by atoms with E-state index in [2.05, 4.69) is 24.4 Å². The molecule has 0 aliphatic heterocycles. The second-order valence-corrected chi connectivity index (χ2v) is 10.5. The van der Waals surface area contributed by atoms with E-state index in [1.165, 1.54) is 24.8 Å². The lowest BCUT2D eigenvalue weighted by Gasteiger charge is -2.24. The van der Waals surface area contributed by atoms with Gasteiger partial charge in [-0.1, -0.05) is 87.7 Å². The Balaban J connectivity index is 1.62. The molecule has 0 fully saturated rings. The van der Waals surface area contributed by atoms with E-state index in [0.717, 1.165) is 41.2 Å². The maximum Gasteiger partial charge on any atom is 0.321 e. The number of hydrogen-bond acceptors (Lipinski definition) is 4. The number of urea groups is 1. The van der Waals surface area contributed by atoms with Crippen LogP contribution in [0.4, 0.5) is 10.5 Å². The summed E-state index contributed by atoms with van der Waals surface area (Å²) >= 11 is 1.60. The summed E-state index contributed by atoms with van der Waals surface area (Å²) in [4.78, 5) is 28.9. The number of rotatable bonds is 15. The number of ether oxygens (including phenoxy) is 1. The van der Waals surface area contributed by atoms with Crippen LogP contribution in [0.2, 0.25) is 0 Å². The Morgan fingerprint density at radius 1 is 0.816 bits per heavy atom. The Morgan fingerprint density at radius 2 is 1.58 bits per heavy atom. The number of anilines is 1. The quantitative estimate of drug-likeness (QED) is 0.122. The molecule has 1 N–H and O–H groups in total. The molecule has 3 rings (SSSR count). The van der Waals surface area contributed by atoms with Gasteiger partial charge in [0.05, 0.1) is 0 Å². The van der Waals surface area contributed by atoms with Crippen molar-refractivity contribution < 1.29 is 14.3 Å². The fraction of sp³-hybridized carbons (Fsp3) is 0.375. The SMILES string of the molecule is CCCCCCCN(C(=O)NCCc1ccccc1)c1ccc(Sc2cccc(OC(=O)CCC)c2)cc1. The zero-order chi connectivity index (χ0) is 27.0. The van der Waals surface area contributed by atoms with Crippen molar-refractivity contribution >= 4 is 29.4 Å². The van der Waals surface area contributed by atoms with Crippen LogP contribution in [0.5, 0.6) is 5.75 Å². The van der Waals surface area contributed by atoms with Gasteiger partial charge >= 0.3 is 12.0 Å². The number of benzene rings is 3. The van der Waals surface area contributed by atoms with Gasteiger partial charge in [0.25, 0.3) is 0 Å². The van der Waals surface area contributed by atoms with E-state index in [1.54, 1.807) is 17.8 Å². The summed E-state index contributed by atoms with van der Waals surface area (Å²) in [7, 11) is 0. The van der Waals surface area contributed by atoms with Gasteiger partial charge < -0.3 is 10.1 Å². The molecule has 3 aromatic carbocycles. The van der Waals surface area contributed by atoms with E-state index in [9.17, 15) is 9.59 Å². The third kappa shape index (κ3) is 10.3. The fourth-order valence-electron chi connectivity index (χ4n) is 4.09. The molecule has 5 nitrogen and oxygen atoms in total. The Labute approximate surface area is 232 Å². The lowest BCUT2D eigenvalue weighted by molar-refractivity contribution is -0.134. The van der Waals surface area contributed by atoms with E-state index in [-0.39, 0.29) is 12.0 Å². The van der Waals surface area contributed by atoms with Crippen LogP contribution in [-0.4, -0.2) is 25.1 Å². The van der Waals surface area contributed by atoms with E-state index >= 15 is 0 Å². The lowest BCUT2D eigenvalue weighted by Crippen LogP contribution is -2.41. The third-order valence-electron chi connectivity index (χ3n) is 6.14. The van der Waals surface area contributed by atoms with Crippen LogP contribution >= 0.6 is 11.8 Å². The molecule has 0 bridgehead atoms. The maximum atomic E-state index is 13.2. The van der Waals surface area contributed by atoms with Crippen LogP contribution in [0.15, 0.2) is 88.7 Å². The van der Waals surface area contributed by atoms with Crippen LogP contribution in [0.25, 0.3) is 0 Å². The van der Waals surface area contributed by atoms with Crippen molar-refractivity contribution in [3.8, 4) is 5.75 Å². The first kappa shape index (κ1) is 29.3. The Bertz CT molecular complexity index is 1120. The number of esters is 1. The maximum absolute atomic E-state index is 13.2. The number of carbonyl (C=O) groups is 2. The van der Waals surface area contributed by atoms with Crippen LogP contribution < -0.4 is 15.0 Å². The predicted octanol–water partition coefficient (Wildman–Crippen LogP) is 8.27. The van der Waals surface area contributed by atoms with Crippen LogP contribution in [0.3, 0.4) is 0 Å². The molecule has 0 aliphatic carbocycles. The molecule has 0 heterocycles. The molecule has 0 unspecified atom stereocenters. The number of carbonyl (C=O) groups excluding carboxylic acids is 2. The summed E-state index contributed by atoms with van der Waals surface area (Å²) in [6.45, 7) is 5.46. The molecule has 0 saturated carbocycles. The topological polar surface area (TPSA) is 58.6 Å². The first-order chi connectivity index (χ1) is 18.6. The standard InChI is InChI=1S/C32H40N2O3S/c1-3-5-6-7-11-24-34(32(36)33-23-22-26-14-9-8-10-15-26)27-18-20-29(21-19-27)38-30-17-12-16-28(25-30)37-31(35)13-4-2/h8-10,12,14-21,25H,3-7,11,13,22-24H2,1-2H3,(H,33,36). The Hall–Kier alpha value is -3.25. The van der Waals surface area contributed by atoms with Gasteiger partial charge in [-0.05, 0) is 67.3 Å². The van der Waals surface area contributed by atoms with E-state index < -0.39 is 0 Å². The minimum absolute atomic E-state index is 0.0570. The highest BCUT2D eigenvalue weighted by atomic mass is 32.2. The minimum atomic E-state index is -0.212. The molecule has 0 aromatic heterocycles. The second kappa shape index (κ2) is 16.6. The van der Waals surface area contributed by atoms with Gasteiger partial charge in [0.15, 0.2) is 0 Å². The highest BCUT2D eigenvalue weighted by molar-refractivity contribution is 7.99. The number of hydrogen-bond donors (Lipinski definition) is 1. The largest absolute Gasteiger partial charge is 0.426 e. The van der Waals surface area contributed by atoms with Crippen molar-refractivity contribution in [1.29, 1.82) is 0 Å². The van der Waals surface area contributed by atoms with Crippen molar-refractivity contribution in [2.45, 2.75) is 75.0 Å². The van der Waals surface area contributed by atoms with Gasteiger partial charge in [-0.3, -0.25) is 9.69 Å². The molecule has 6 heteroatoms. The summed E-state index contributed by atoms with van der Waals surface area (Å²) in [6, 6.07) is 25.8. The normalized spacial score (nSPS) is 10.7. The smallest absolute Gasteiger partial charge is 0.321 e. The van der Waals surface area contributed by atoms with Crippen LogP contribution in [0.1, 0.15) is 64.4 Å². The van der Waals surface area contributed by atoms with Crippen molar-refractivity contribution in [3.63, 3.8) is 0 Å². The molecule has 0 spiro atoms. The summed E-state index contributed by atoms with van der Waals surface area (Å²) < 4.78 is 5.43. The summed E-state index contributed by atoms with van der Waals surface area (Å²) in [5, 5.41) is 3.11. The number of amides is 2. The Morgan fingerprint density at radius 3 is 2.32 bits per heavy atom. The van der Waals surface area contributed by atoms with Crippen LogP contribution in [-0.2, 0) is 11.2 Å². The fourth-order valence-corrected chi connectivity index (χ4v) is 4.96. The zero-order valence-corrected chi connectivity index (χ0v) is 23.5. The van der Waals surface area contributed by atoms with E-state index in [4.69, 9.17) is 4.74 Å². The van der Waals surface area contributed by atoms with E-state index in [0.29, 0.717) is 25.3 Å².